The minimum atomic E-state index is -1.07. The third-order valence-electron chi connectivity index (χ3n) is 2.07. The molecule has 0 aliphatic carbocycles. The zero-order chi connectivity index (χ0) is 12.8. The predicted octanol–water partition coefficient (Wildman–Crippen LogP) is 1.24. The second kappa shape index (κ2) is 5.74. The summed E-state index contributed by atoms with van der Waals surface area (Å²) < 4.78 is 5.06. The molecule has 1 aromatic carbocycles. The lowest BCUT2D eigenvalue weighted by atomic mass is 10.3. The first kappa shape index (κ1) is 12.8. The molecule has 0 fully saturated rings. The standard InChI is InChI=1S/C11H14N2O4/c1-13(7-10(14)15)11(16)12-8-5-3-4-6-9(8)17-2/h3-6H,7H2,1-2H3,(H,12,16)(H,14,15). The SMILES string of the molecule is COc1ccccc1NC(=O)N(C)CC(=O)O. The fraction of sp³-hybridized carbons (Fsp3) is 0.273. The van der Waals surface area contributed by atoms with Crippen molar-refractivity contribution in [2.45, 2.75) is 0 Å². The summed E-state index contributed by atoms with van der Waals surface area (Å²) >= 11 is 0. The molecule has 0 bridgehead atoms. The largest absolute Gasteiger partial charge is 0.495 e. The number of carboxylic acids is 1. The fourth-order valence-corrected chi connectivity index (χ4v) is 1.23. The molecule has 0 unspecified atom stereocenters. The second-order valence-electron chi connectivity index (χ2n) is 3.38. The molecule has 0 aliphatic rings. The van der Waals surface area contributed by atoms with Gasteiger partial charge in [0, 0.05) is 7.05 Å². The first-order chi connectivity index (χ1) is 8.04. The van der Waals surface area contributed by atoms with Gasteiger partial charge >= 0.3 is 12.0 Å². The first-order valence-corrected chi connectivity index (χ1v) is 4.91. The summed E-state index contributed by atoms with van der Waals surface area (Å²) in [7, 11) is 2.89. The van der Waals surface area contributed by atoms with Gasteiger partial charge in [0.1, 0.15) is 12.3 Å². The number of amides is 2. The Bertz CT molecular complexity index is 420. The van der Waals surface area contributed by atoms with Crippen LogP contribution in [-0.2, 0) is 4.79 Å². The number of carboxylic acid groups (broad SMARTS) is 1. The number of likely N-dealkylation sites (N-methyl/N-ethyl adjacent to an activating group) is 1. The topological polar surface area (TPSA) is 78.9 Å². The number of hydrogen-bond acceptors (Lipinski definition) is 3. The molecule has 0 atom stereocenters. The van der Waals surface area contributed by atoms with E-state index in [9.17, 15) is 9.59 Å². The Kier molecular flexibility index (Phi) is 4.33. The van der Waals surface area contributed by atoms with Crippen molar-refractivity contribution in [3.63, 3.8) is 0 Å². The fourth-order valence-electron chi connectivity index (χ4n) is 1.23. The van der Waals surface area contributed by atoms with Crippen LogP contribution in [-0.4, -0.2) is 42.7 Å². The molecular formula is C11H14N2O4. The molecule has 0 saturated carbocycles. The monoisotopic (exact) mass is 238 g/mol. The Balaban J connectivity index is 2.70. The van der Waals surface area contributed by atoms with E-state index in [1.807, 2.05) is 0 Å². The summed E-state index contributed by atoms with van der Waals surface area (Å²) in [5.41, 5.74) is 0.497. The molecule has 0 radical (unpaired) electrons. The average Bonchev–Trinajstić information content (AvgIpc) is 2.28. The molecule has 0 aromatic heterocycles. The molecular weight excluding hydrogens is 224 g/mol. The number of urea groups is 1. The summed E-state index contributed by atoms with van der Waals surface area (Å²) in [6.07, 6.45) is 0. The van der Waals surface area contributed by atoms with Crippen molar-refractivity contribution < 1.29 is 19.4 Å². The number of hydrogen-bond donors (Lipinski definition) is 2. The molecule has 2 amide bonds. The lowest BCUT2D eigenvalue weighted by Crippen LogP contribution is -2.35. The molecule has 1 aromatic rings. The van der Waals surface area contributed by atoms with Gasteiger partial charge in [0.15, 0.2) is 0 Å². The van der Waals surface area contributed by atoms with Crippen molar-refractivity contribution in [2.75, 3.05) is 26.0 Å². The van der Waals surface area contributed by atoms with Crippen molar-refractivity contribution in [2.24, 2.45) is 0 Å². The van der Waals surface area contributed by atoms with Gasteiger partial charge in [0.2, 0.25) is 0 Å². The predicted molar refractivity (Wildman–Crippen MR) is 62.3 cm³/mol. The van der Waals surface area contributed by atoms with Crippen LogP contribution >= 0.6 is 0 Å². The van der Waals surface area contributed by atoms with Gasteiger partial charge in [-0.2, -0.15) is 0 Å². The number of para-hydroxylation sites is 2. The van der Waals surface area contributed by atoms with Gasteiger partial charge in [-0.05, 0) is 12.1 Å². The van der Waals surface area contributed by atoms with E-state index in [-0.39, 0.29) is 6.54 Å². The van der Waals surface area contributed by atoms with Crippen molar-refractivity contribution >= 4 is 17.7 Å². The maximum absolute atomic E-state index is 11.6. The van der Waals surface area contributed by atoms with Crippen LogP contribution in [0.1, 0.15) is 0 Å². The van der Waals surface area contributed by atoms with Crippen molar-refractivity contribution in [3.05, 3.63) is 24.3 Å². The Morgan fingerprint density at radius 3 is 2.65 bits per heavy atom. The van der Waals surface area contributed by atoms with Crippen LogP contribution < -0.4 is 10.1 Å². The van der Waals surface area contributed by atoms with Gasteiger partial charge in [-0.15, -0.1) is 0 Å². The number of rotatable bonds is 4. The molecule has 17 heavy (non-hydrogen) atoms. The van der Waals surface area contributed by atoms with Gasteiger partial charge in [0.05, 0.1) is 12.8 Å². The van der Waals surface area contributed by atoms with Gasteiger partial charge < -0.3 is 20.1 Å². The van der Waals surface area contributed by atoms with Gasteiger partial charge in [-0.25, -0.2) is 4.79 Å². The summed E-state index contributed by atoms with van der Waals surface area (Å²) in [5, 5.41) is 11.1. The molecule has 0 aliphatic heterocycles. The third-order valence-corrected chi connectivity index (χ3v) is 2.07. The maximum Gasteiger partial charge on any atom is 0.323 e. The van der Waals surface area contributed by atoms with E-state index in [0.717, 1.165) is 4.90 Å². The number of carbonyl (C=O) groups is 2. The van der Waals surface area contributed by atoms with Gasteiger partial charge in [0.25, 0.3) is 0 Å². The maximum atomic E-state index is 11.6. The molecule has 0 heterocycles. The third kappa shape index (κ3) is 3.67. The number of anilines is 1. The highest BCUT2D eigenvalue weighted by atomic mass is 16.5. The van der Waals surface area contributed by atoms with E-state index >= 15 is 0 Å². The minimum absolute atomic E-state index is 0.360. The summed E-state index contributed by atoms with van der Waals surface area (Å²) in [6, 6.07) is 6.39. The van der Waals surface area contributed by atoms with Gasteiger partial charge in [-0.1, -0.05) is 12.1 Å². The smallest absolute Gasteiger partial charge is 0.323 e. The van der Waals surface area contributed by atoms with Crippen LogP contribution in [0.4, 0.5) is 10.5 Å². The molecule has 0 spiro atoms. The highest BCUT2D eigenvalue weighted by Crippen LogP contribution is 2.23. The number of aliphatic carboxylic acids is 1. The van der Waals surface area contributed by atoms with Crippen LogP contribution in [0.3, 0.4) is 0 Å². The molecule has 1 rings (SSSR count). The van der Waals surface area contributed by atoms with Crippen LogP contribution in [0.2, 0.25) is 0 Å². The Morgan fingerprint density at radius 2 is 2.06 bits per heavy atom. The van der Waals surface area contributed by atoms with Crippen molar-refractivity contribution in [3.8, 4) is 5.75 Å². The molecule has 92 valence electrons. The quantitative estimate of drug-likeness (QED) is 0.827. The number of methoxy groups -OCH3 is 1. The molecule has 0 saturated heterocycles. The van der Waals surface area contributed by atoms with E-state index in [2.05, 4.69) is 5.32 Å². The second-order valence-corrected chi connectivity index (χ2v) is 3.38. The zero-order valence-electron chi connectivity index (χ0n) is 9.64. The first-order valence-electron chi connectivity index (χ1n) is 4.91. The molecule has 2 N–H and O–H groups in total. The summed E-state index contributed by atoms with van der Waals surface area (Å²) in [5.74, 6) is -0.549. The highest BCUT2D eigenvalue weighted by molar-refractivity contribution is 5.92. The Labute approximate surface area is 98.8 Å². The van der Waals surface area contributed by atoms with Gasteiger partial charge in [-0.3, -0.25) is 4.79 Å². The molecule has 6 heteroatoms. The summed E-state index contributed by atoms with van der Waals surface area (Å²) in [6.45, 7) is -0.360. The average molecular weight is 238 g/mol. The lowest BCUT2D eigenvalue weighted by molar-refractivity contribution is -0.137. The normalized spacial score (nSPS) is 9.53. The molecule has 6 nitrogen and oxygen atoms in total. The van der Waals surface area contributed by atoms with Crippen LogP contribution in [0.25, 0.3) is 0 Å². The highest BCUT2D eigenvalue weighted by Gasteiger charge is 2.13. The lowest BCUT2D eigenvalue weighted by Gasteiger charge is -2.16. The van der Waals surface area contributed by atoms with Crippen molar-refractivity contribution in [1.82, 2.24) is 4.90 Å². The van der Waals surface area contributed by atoms with E-state index in [0.29, 0.717) is 11.4 Å². The minimum Gasteiger partial charge on any atom is -0.495 e. The summed E-state index contributed by atoms with van der Waals surface area (Å²) in [4.78, 5) is 23.1. The van der Waals surface area contributed by atoms with Crippen LogP contribution in [0.15, 0.2) is 24.3 Å². The number of nitrogens with zero attached hydrogens (tertiary/aromatic N) is 1. The van der Waals surface area contributed by atoms with E-state index in [1.165, 1.54) is 14.2 Å². The Morgan fingerprint density at radius 1 is 1.41 bits per heavy atom. The number of nitrogens with one attached hydrogen (secondary N) is 1. The Hall–Kier alpha value is -2.24. The van der Waals surface area contributed by atoms with Crippen molar-refractivity contribution in [1.29, 1.82) is 0 Å². The van der Waals surface area contributed by atoms with Crippen LogP contribution in [0.5, 0.6) is 5.75 Å². The zero-order valence-corrected chi connectivity index (χ0v) is 9.64. The number of ether oxygens (including phenoxy) is 1. The van der Waals surface area contributed by atoms with Crippen LogP contribution in [0, 0.1) is 0 Å². The number of carbonyl (C=O) groups excluding carboxylic acids is 1. The van der Waals surface area contributed by atoms with E-state index < -0.39 is 12.0 Å². The van der Waals surface area contributed by atoms with E-state index in [4.69, 9.17) is 9.84 Å². The number of benzene rings is 1. The van der Waals surface area contributed by atoms with E-state index in [1.54, 1.807) is 24.3 Å².